The molecule has 4 heterocycles. The molecule has 3 atom stereocenters. The average molecular weight is 442 g/mol. The van der Waals surface area contributed by atoms with E-state index in [1.54, 1.807) is 12.3 Å². The largest absolute Gasteiger partial charge is 0.416 e. The topological polar surface area (TPSA) is 50.3 Å². The van der Waals surface area contributed by atoms with Gasteiger partial charge in [-0.1, -0.05) is 12.1 Å². The number of anilines is 2. The van der Waals surface area contributed by atoms with Gasteiger partial charge in [0.1, 0.15) is 0 Å². The molecule has 3 aliphatic rings. The second kappa shape index (κ2) is 7.92. The van der Waals surface area contributed by atoms with Crippen LogP contribution in [0, 0.1) is 6.92 Å². The lowest BCUT2D eigenvalue weighted by Crippen LogP contribution is -2.54. The summed E-state index contributed by atoms with van der Waals surface area (Å²) in [6, 6.07) is 10.4. The third-order valence-corrected chi connectivity index (χ3v) is 6.66. The van der Waals surface area contributed by atoms with Crippen LogP contribution in [0.5, 0.6) is 0 Å². The van der Waals surface area contributed by atoms with E-state index >= 15 is 0 Å². The molecule has 0 radical (unpaired) electrons. The summed E-state index contributed by atoms with van der Waals surface area (Å²) in [5.74, 6) is 0. The van der Waals surface area contributed by atoms with Crippen molar-refractivity contribution in [1.82, 2.24) is 10.2 Å². The minimum atomic E-state index is -4.38. The van der Waals surface area contributed by atoms with Crippen LogP contribution in [0.4, 0.5) is 24.5 Å². The van der Waals surface area contributed by atoms with Crippen molar-refractivity contribution in [2.75, 3.05) is 23.4 Å². The quantitative estimate of drug-likeness (QED) is 0.578. The van der Waals surface area contributed by atoms with Crippen molar-refractivity contribution >= 4 is 22.3 Å². The van der Waals surface area contributed by atoms with Gasteiger partial charge in [0.15, 0.2) is 0 Å². The van der Waals surface area contributed by atoms with E-state index in [1.807, 2.05) is 13.0 Å². The molecule has 5 nitrogen and oxygen atoms in total. The van der Waals surface area contributed by atoms with Crippen molar-refractivity contribution in [1.29, 1.82) is 0 Å². The standard InChI is InChI=1S/C24H25F3N4O/c1-14-19(4-3-5-21(14)24(25,26)27)15(2)29-23-11-28-30-22-9-7-16(10-20(22)23)31-12-18-8-6-17(31)13-32-18/h3-5,7,9-11,15,17-18H,6,8,12-13H2,1-2H3,(H,29,30)/t15-,17?,18?/m1/s1. The molecule has 0 spiro atoms. The fraction of sp³-hybridized carbons (Fsp3) is 0.417. The Morgan fingerprint density at radius 1 is 1.19 bits per heavy atom. The maximum Gasteiger partial charge on any atom is 0.416 e. The third-order valence-electron chi connectivity index (χ3n) is 6.66. The number of rotatable bonds is 4. The predicted molar refractivity (Wildman–Crippen MR) is 118 cm³/mol. The second-order valence-electron chi connectivity index (χ2n) is 8.68. The van der Waals surface area contributed by atoms with Gasteiger partial charge in [-0.05, 0) is 62.1 Å². The summed E-state index contributed by atoms with van der Waals surface area (Å²) in [5, 5.41) is 12.6. The highest BCUT2D eigenvalue weighted by Crippen LogP contribution is 2.37. The van der Waals surface area contributed by atoms with Gasteiger partial charge in [-0.25, -0.2) is 0 Å². The number of halogens is 3. The Hall–Kier alpha value is -2.87. The zero-order chi connectivity index (χ0) is 22.5. The summed E-state index contributed by atoms with van der Waals surface area (Å²) in [5.41, 5.74) is 2.83. The Morgan fingerprint density at radius 2 is 2.03 bits per heavy atom. The lowest BCUT2D eigenvalue weighted by Gasteiger charge is -2.46. The molecule has 6 rings (SSSR count). The normalized spacial score (nSPS) is 21.7. The summed E-state index contributed by atoms with van der Waals surface area (Å²) in [7, 11) is 0. The summed E-state index contributed by atoms with van der Waals surface area (Å²) in [4.78, 5) is 2.39. The molecule has 2 bridgehead atoms. The molecule has 3 fully saturated rings. The minimum absolute atomic E-state index is 0.233. The summed E-state index contributed by atoms with van der Waals surface area (Å²) in [6.07, 6.45) is -0.253. The van der Waals surface area contributed by atoms with Crippen molar-refractivity contribution < 1.29 is 17.9 Å². The van der Waals surface area contributed by atoms with Gasteiger partial charge < -0.3 is 15.0 Å². The van der Waals surface area contributed by atoms with E-state index in [0.717, 1.165) is 54.3 Å². The molecule has 8 heteroatoms. The Kier molecular flexibility index (Phi) is 5.20. The molecule has 3 aromatic rings. The Morgan fingerprint density at radius 3 is 2.72 bits per heavy atom. The van der Waals surface area contributed by atoms with Crippen LogP contribution < -0.4 is 10.2 Å². The number of hydrogen-bond acceptors (Lipinski definition) is 5. The molecule has 0 aliphatic carbocycles. The van der Waals surface area contributed by atoms with Gasteiger partial charge in [0.05, 0.1) is 41.7 Å². The zero-order valence-electron chi connectivity index (χ0n) is 18.0. The first-order chi connectivity index (χ1) is 15.3. The van der Waals surface area contributed by atoms with Crippen molar-refractivity contribution in [2.45, 2.75) is 51.1 Å². The highest BCUT2D eigenvalue weighted by molar-refractivity contribution is 5.93. The van der Waals surface area contributed by atoms with E-state index in [0.29, 0.717) is 11.6 Å². The molecule has 2 unspecified atom stereocenters. The van der Waals surface area contributed by atoms with E-state index in [2.05, 4.69) is 32.5 Å². The van der Waals surface area contributed by atoms with Crippen molar-refractivity contribution in [2.24, 2.45) is 0 Å². The number of piperidine rings is 1. The number of fused-ring (bicyclic) bond motifs is 4. The van der Waals surface area contributed by atoms with Gasteiger partial charge >= 0.3 is 6.18 Å². The number of nitrogens with one attached hydrogen (secondary N) is 1. The molecule has 0 saturated carbocycles. The number of ether oxygens (including phenoxy) is 1. The lowest BCUT2D eigenvalue weighted by atomic mass is 9.96. The Labute approximate surface area is 184 Å². The van der Waals surface area contributed by atoms with Crippen LogP contribution >= 0.6 is 0 Å². The van der Waals surface area contributed by atoms with Gasteiger partial charge in [-0.2, -0.15) is 23.4 Å². The van der Waals surface area contributed by atoms with Crippen LogP contribution in [-0.2, 0) is 10.9 Å². The molecular formula is C24H25F3N4O. The van der Waals surface area contributed by atoms with Gasteiger partial charge in [0.2, 0.25) is 0 Å². The van der Waals surface area contributed by atoms with Crippen LogP contribution in [0.15, 0.2) is 42.6 Å². The number of alkyl halides is 3. The van der Waals surface area contributed by atoms with Gasteiger partial charge in [0, 0.05) is 23.7 Å². The highest BCUT2D eigenvalue weighted by Gasteiger charge is 2.35. The monoisotopic (exact) mass is 442 g/mol. The number of benzene rings is 2. The zero-order valence-corrected chi connectivity index (χ0v) is 18.0. The first kappa shape index (κ1) is 21.0. The molecule has 0 amide bonds. The van der Waals surface area contributed by atoms with Crippen LogP contribution in [0.2, 0.25) is 0 Å². The average Bonchev–Trinajstić information content (AvgIpc) is 2.79. The van der Waals surface area contributed by atoms with E-state index in [1.165, 1.54) is 13.0 Å². The van der Waals surface area contributed by atoms with Crippen molar-refractivity contribution in [3.63, 3.8) is 0 Å². The molecule has 32 heavy (non-hydrogen) atoms. The molecular weight excluding hydrogens is 417 g/mol. The minimum Gasteiger partial charge on any atom is -0.377 e. The number of hydrogen-bond donors (Lipinski definition) is 1. The van der Waals surface area contributed by atoms with Crippen LogP contribution in [0.25, 0.3) is 10.9 Å². The second-order valence-corrected chi connectivity index (χ2v) is 8.68. The first-order valence-corrected chi connectivity index (χ1v) is 10.9. The van der Waals surface area contributed by atoms with Crippen molar-refractivity contribution in [3.05, 3.63) is 59.3 Å². The maximum atomic E-state index is 13.4. The molecule has 1 N–H and O–H groups in total. The maximum absolute atomic E-state index is 13.4. The van der Waals surface area contributed by atoms with E-state index in [-0.39, 0.29) is 17.7 Å². The van der Waals surface area contributed by atoms with Crippen LogP contribution in [0.1, 0.15) is 42.5 Å². The van der Waals surface area contributed by atoms with E-state index in [9.17, 15) is 13.2 Å². The Balaban J connectivity index is 1.47. The highest BCUT2D eigenvalue weighted by atomic mass is 19.4. The summed E-state index contributed by atoms with van der Waals surface area (Å²) < 4.78 is 45.9. The first-order valence-electron chi connectivity index (χ1n) is 10.9. The van der Waals surface area contributed by atoms with Crippen molar-refractivity contribution in [3.8, 4) is 0 Å². The van der Waals surface area contributed by atoms with Gasteiger partial charge in [0.25, 0.3) is 0 Å². The van der Waals surface area contributed by atoms with E-state index < -0.39 is 11.7 Å². The van der Waals surface area contributed by atoms with Gasteiger partial charge in [-0.15, -0.1) is 0 Å². The van der Waals surface area contributed by atoms with Gasteiger partial charge in [-0.3, -0.25) is 0 Å². The summed E-state index contributed by atoms with van der Waals surface area (Å²) in [6.45, 7) is 5.00. The number of aromatic nitrogens is 2. The molecule has 2 aromatic carbocycles. The van der Waals surface area contributed by atoms with Crippen LogP contribution in [-0.4, -0.2) is 35.5 Å². The predicted octanol–water partition coefficient (Wildman–Crippen LogP) is 5.50. The molecule has 3 aliphatic heterocycles. The number of morpholine rings is 1. The smallest absolute Gasteiger partial charge is 0.377 e. The molecule has 1 aromatic heterocycles. The fourth-order valence-corrected chi connectivity index (χ4v) is 4.95. The summed E-state index contributed by atoms with van der Waals surface area (Å²) >= 11 is 0. The Bertz CT molecular complexity index is 1140. The molecule has 168 valence electrons. The fourth-order valence-electron chi connectivity index (χ4n) is 4.95. The SMILES string of the molecule is Cc1c([C@@H](C)Nc2cnnc3ccc(N4CC5CCC4CO5)cc23)cccc1C(F)(F)F. The van der Waals surface area contributed by atoms with E-state index in [4.69, 9.17) is 4.74 Å². The number of nitrogens with zero attached hydrogens (tertiary/aromatic N) is 3. The lowest BCUT2D eigenvalue weighted by molar-refractivity contribution is -0.138. The van der Waals surface area contributed by atoms with Crippen LogP contribution in [0.3, 0.4) is 0 Å². The molecule has 3 saturated heterocycles. The third kappa shape index (κ3) is 3.77.